The second-order valence-electron chi connectivity index (χ2n) is 5.30. The average molecular weight is 373 g/mol. The molecule has 0 fully saturated rings. The van der Waals surface area contributed by atoms with Crippen LogP contribution in [0, 0.1) is 11.3 Å². The van der Waals surface area contributed by atoms with Crippen molar-refractivity contribution < 1.29 is 22.7 Å². The minimum absolute atomic E-state index is 0.0872. The minimum Gasteiger partial charge on any atom is -0.449 e. The Labute approximate surface area is 150 Å². The van der Waals surface area contributed by atoms with Gasteiger partial charge in [0.1, 0.15) is 0 Å². The summed E-state index contributed by atoms with van der Waals surface area (Å²) in [7, 11) is -3.82. The number of esters is 1. The lowest BCUT2D eigenvalue weighted by Gasteiger charge is -2.13. The van der Waals surface area contributed by atoms with E-state index in [1.54, 1.807) is 0 Å². The Hall–Kier alpha value is -3.22. The van der Waals surface area contributed by atoms with Crippen LogP contribution in [0.15, 0.2) is 53.4 Å². The van der Waals surface area contributed by atoms with E-state index >= 15 is 0 Å². The summed E-state index contributed by atoms with van der Waals surface area (Å²) < 4.78 is 27.4. The number of hydrogen-bond donors (Lipinski definition) is 2. The fourth-order valence-corrected chi connectivity index (χ4v) is 2.45. The van der Waals surface area contributed by atoms with E-state index in [0.717, 1.165) is 0 Å². The number of anilines is 1. The van der Waals surface area contributed by atoms with Crippen LogP contribution in [0.2, 0.25) is 0 Å². The van der Waals surface area contributed by atoms with E-state index in [0.29, 0.717) is 11.3 Å². The largest absolute Gasteiger partial charge is 0.449 e. The topological polar surface area (TPSA) is 139 Å². The number of nitriles is 1. The molecule has 2 aromatic rings. The average Bonchev–Trinajstić information content (AvgIpc) is 2.61. The SMILES string of the molecule is C[C@H](OC(=O)c1ccc(C#N)cc1)C(=O)Nc1ccc(S(N)(=O)=O)cc1. The van der Waals surface area contributed by atoms with Gasteiger partial charge >= 0.3 is 5.97 Å². The van der Waals surface area contributed by atoms with Crippen LogP contribution >= 0.6 is 0 Å². The number of rotatable bonds is 5. The second-order valence-corrected chi connectivity index (χ2v) is 6.86. The second kappa shape index (κ2) is 7.77. The fraction of sp³-hybridized carbons (Fsp3) is 0.118. The molecule has 1 amide bonds. The highest BCUT2D eigenvalue weighted by atomic mass is 32.2. The third-order valence-electron chi connectivity index (χ3n) is 3.35. The quantitative estimate of drug-likeness (QED) is 0.759. The Bertz CT molecular complexity index is 961. The molecule has 0 aromatic heterocycles. The first kappa shape index (κ1) is 19.1. The van der Waals surface area contributed by atoms with Gasteiger partial charge in [0.05, 0.1) is 22.1 Å². The summed E-state index contributed by atoms with van der Waals surface area (Å²) in [4.78, 5) is 24.0. The van der Waals surface area contributed by atoms with Crippen molar-refractivity contribution in [2.75, 3.05) is 5.32 Å². The molecule has 0 saturated carbocycles. The van der Waals surface area contributed by atoms with E-state index in [4.69, 9.17) is 15.1 Å². The predicted molar refractivity (Wildman–Crippen MR) is 92.5 cm³/mol. The highest BCUT2D eigenvalue weighted by Gasteiger charge is 2.19. The lowest BCUT2D eigenvalue weighted by molar-refractivity contribution is -0.123. The van der Waals surface area contributed by atoms with Crippen molar-refractivity contribution in [1.29, 1.82) is 5.26 Å². The van der Waals surface area contributed by atoms with Gasteiger partial charge in [0.2, 0.25) is 10.0 Å². The van der Waals surface area contributed by atoms with Gasteiger partial charge in [-0.05, 0) is 55.5 Å². The van der Waals surface area contributed by atoms with Crippen molar-refractivity contribution in [2.24, 2.45) is 5.14 Å². The number of nitrogens with zero attached hydrogens (tertiary/aromatic N) is 1. The van der Waals surface area contributed by atoms with Crippen LogP contribution in [0.25, 0.3) is 0 Å². The smallest absolute Gasteiger partial charge is 0.338 e. The van der Waals surface area contributed by atoms with Crippen LogP contribution < -0.4 is 10.5 Å². The van der Waals surface area contributed by atoms with Crippen molar-refractivity contribution in [1.82, 2.24) is 0 Å². The van der Waals surface area contributed by atoms with Gasteiger partial charge in [-0.1, -0.05) is 0 Å². The molecule has 2 rings (SSSR count). The number of benzene rings is 2. The van der Waals surface area contributed by atoms with Crippen LogP contribution in [-0.2, 0) is 19.6 Å². The summed E-state index contributed by atoms with van der Waals surface area (Å²) in [6, 6.07) is 13.0. The number of nitrogens with one attached hydrogen (secondary N) is 1. The summed E-state index contributed by atoms with van der Waals surface area (Å²) in [6.07, 6.45) is -1.09. The Morgan fingerprint density at radius 3 is 2.19 bits per heavy atom. The van der Waals surface area contributed by atoms with Crippen LogP contribution in [0.3, 0.4) is 0 Å². The molecular weight excluding hydrogens is 358 g/mol. The molecule has 0 bridgehead atoms. The number of amides is 1. The molecule has 0 radical (unpaired) electrons. The van der Waals surface area contributed by atoms with Gasteiger partial charge in [-0.25, -0.2) is 18.4 Å². The molecule has 1 atom stereocenters. The van der Waals surface area contributed by atoms with Crippen molar-refractivity contribution >= 4 is 27.6 Å². The highest BCUT2D eigenvalue weighted by molar-refractivity contribution is 7.89. The summed E-state index contributed by atoms with van der Waals surface area (Å²) in [6.45, 7) is 1.40. The van der Waals surface area contributed by atoms with Crippen LogP contribution in [-0.4, -0.2) is 26.4 Å². The summed E-state index contributed by atoms with van der Waals surface area (Å²) in [5.41, 5.74) is 0.931. The van der Waals surface area contributed by atoms with Crippen molar-refractivity contribution in [3.05, 3.63) is 59.7 Å². The van der Waals surface area contributed by atoms with Gasteiger partial charge in [-0.3, -0.25) is 4.79 Å². The number of primary sulfonamides is 1. The van der Waals surface area contributed by atoms with E-state index < -0.39 is 28.0 Å². The first-order valence-electron chi connectivity index (χ1n) is 7.35. The minimum atomic E-state index is -3.82. The molecule has 2 aromatic carbocycles. The summed E-state index contributed by atoms with van der Waals surface area (Å²) in [5.74, 6) is -1.29. The van der Waals surface area contributed by atoms with Crippen molar-refractivity contribution in [3.8, 4) is 6.07 Å². The van der Waals surface area contributed by atoms with E-state index in [1.165, 1.54) is 55.5 Å². The van der Waals surface area contributed by atoms with Crippen LogP contribution in [0.1, 0.15) is 22.8 Å². The van der Waals surface area contributed by atoms with Crippen LogP contribution in [0.5, 0.6) is 0 Å². The summed E-state index contributed by atoms with van der Waals surface area (Å²) in [5, 5.41) is 16.2. The molecule has 0 aliphatic carbocycles. The molecule has 0 spiro atoms. The van der Waals surface area contributed by atoms with Gasteiger partial charge < -0.3 is 10.1 Å². The Morgan fingerprint density at radius 1 is 1.12 bits per heavy atom. The number of carbonyl (C=O) groups excluding carboxylic acids is 2. The van der Waals surface area contributed by atoms with Crippen molar-refractivity contribution in [2.45, 2.75) is 17.9 Å². The molecule has 0 saturated heterocycles. The van der Waals surface area contributed by atoms with Gasteiger partial charge in [-0.15, -0.1) is 0 Å². The van der Waals surface area contributed by atoms with E-state index in [-0.39, 0.29) is 10.5 Å². The molecule has 8 nitrogen and oxygen atoms in total. The molecule has 0 aliphatic rings. The number of carbonyl (C=O) groups is 2. The Kier molecular flexibility index (Phi) is 5.71. The fourth-order valence-electron chi connectivity index (χ4n) is 1.93. The highest BCUT2D eigenvalue weighted by Crippen LogP contribution is 2.14. The molecule has 0 heterocycles. The third-order valence-corrected chi connectivity index (χ3v) is 4.28. The molecule has 0 aliphatic heterocycles. The molecule has 0 unspecified atom stereocenters. The zero-order chi connectivity index (χ0) is 19.3. The number of nitrogens with two attached hydrogens (primary N) is 1. The third kappa shape index (κ3) is 4.89. The van der Waals surface area contributed by atoms with E-state index in [9.17, 15) is 18.0 Å². The van der Waals surface area contributed by atoms with Gasteiger partial charge in [0.15, 0.2) is 6.10 Å². The zero-order valence-electron chi connectivity index (χ0n) is 13.7. The van der Waals surface area contributed by atoms with Gasteiger partial charge in [-0.2, -0.15) is 5.26 Å². The standard InChI is InChI=1S/C17H15N3O5S/c1-11(25-17(22)13-4-2-12(10-18)3-5-13)16(21)20-14-6-8-15(9-7-14)26(19,23)24/h2-9,11H,1H3,(H,20,21)(H2,19,23,24)/t11-/m0/s1. The maximum Gasteiger partial charge on any atom is 0.338 e. The number of hydrogen-bond acceptors (Lipinski definition) is 6. The number of sulfonamides is 1. The lowest BCUT2D eigenvalue weighted by atomic mass is 10.1. The molecule has 26 heavy (non-hydrogen) atoms. The lowest BCUT2D eigenvalue weighted by Crippen LogP contribution is -2.30. The van der Waals surface area contributed by atoms with E-state index in [1.807, 2.05) is 6.07 Å². The molecule has 134 valence electrons. The summed E-state index contributed by atoms with van der Waals surface area (Å²) >= 11 is 0. The molecular formula is C17H15N3O5S. The maximum absolute atomic E-state index is 12.1. The molecule has 9 heteroatoms. The Balaban J connectivity index is 1.98. The van der Waals surface area contributed by atoms with Crippen LogP contribution in [0.4, 0.5) is 5.69 Å². The van der Waals surface area contributed by atoms with E-state index in [2.05, 4.69) is 5.32 Å². The predicted octanol–water partition coefficient (Wildman–Crippen LogP) is 1.39. The monoisotopic (exact) mass is 373 g/mol. The zero-order valence-corrected chi connectivity index (χ0v) is 14.5. The number of ether oxygens (including phenoxy) is 1. The van der Waals surface area contributed by atoms with Gasteiger partial charge in [0.25, 0.3) is 5.91 Å². The maximum atomic E-state index is 12.1. The normalized spacial score (nSPS) is 11.9. The molecule has 3 N–H and O–H groups in total. The Morgan fingerprint density at radius 2 is 1.69 bits per heavy atom. The van der Waals surface area contributed by atoms with Crippen molar-refractivity contribution in [3.63, 3.8) is 0 Å². The first-order chi connectivity index (χ1) is 12.2. The van der Waals surface area contributed by atoms with Gasteiger partial charge in [0, 0.05) is 5.69 Å². The first-order valence-corrected chi connectivity index (χ1v) is 8.90.